The molecule has 1 N–H and O–H groups in total. The van der Waals surface area contributed by atoms with Crippen LogP contribution in [0.3, 0.4) is 0 Å². The highest BCUT2D eigenvalue weighted by Crippen LogP contribution is 2.13. The van der Waals surface area contributed by atoms with Gasteiger partial charge in [-0.05, 0) is 12.8 Å². The van der Waals surface area contributed by atoms with Crippen molar-refractivity contribution < 1.29 is 4.74 Å². The molecule has 0 bridgehead atoms. The van der Waals surface area contributed by atoms with Gasteiger partial charge in [0.05, 0.1) is 6.61 Å². The summed E-state index contributed by atoms with van der Waals surface area (Å²) in [5, 5.41) is 3.27. The van der Waals surface area contributed by atoms with Gasteiger partial charge in [-0.3, -0.25) is 0 Å². The molecule has 0 aromatic carbocycles. The molecule has 0 amide bonds. The maximum Gasteiger partial charge on any atom is 0.218 e. The summed E-state index contributed by atoms with van der Waals surface area (Å²) >= 11 is 0. The van der Waals surface area contributed by atoms with E-state index in [4.69, 9.17) is 11.2 Å². The van der Waals surface area contributed by atoms with E-state index in [1.807, 2.05) is 0 Å². The van der Waals surface area contributed by atoms with Crippen LogP contribution in [0, 0.1) is 12.3 Å². The summed E-state index contributed by atoms with van der Waals surface area (Å²) < 4.78 is 5.44. The molecule has 1 atom stereocenters. The molecule has 0 aliphatic rings. The highest BCUT2D eigenvalue weighted by atomic mass is 16.5. The molecule has 0 spiro atoms. The third-order valence-electron chi connectivity index (χ3n) is 2.31. The zero-order chi connectivity index (χ0) is 12.5. The van der Waals surface area contributed by atoms with Gasteiger partial charge in [0.15, 0.2) is 0 Å². The first-order valence-electron chi connectivity index (χ1n) is 5.95. The van der Waals surface area contributed by atoms with Crippen LogP contribution in [0.2, 0.25) is 0 Å². The van der Waals surface area contributed by atoms with Crippen molar-refractivity contribution in [3.8, 4) is 18.2 Å². The van der Waals surface area contributed by atoms with Crippen LogP contribution in [-0.2, 0) is 0 Å². The number of terminal acetylenes is 1. The summed E-state index contributed by atoms with van der Waals surface area (Å²) in [6.45, 7) is 4.81. The maximum atomic E-state index is 5.44. The average molecular weight is 233 g/mol. The van der Waals surface area contributed by atoms with Crippen LogP contribution in [0.15, 0.2) is 12.4 Å². The minimum atomic E-state index is 0.244. The number of nitrogens with one attached hydrogen (secondary N) is 1. The number of anilines is 1. The SMILES string of the molecule is C#CCC(CC)Nc1cc(OCCC)ncn1. The van der Waals surface area contributed by atoms with E-state index in [9.17, 15) is 0 Å². The van der Waals surface area contributed by atoms with E-state index >= 15 is 0 Å². The van der Waals surface area contributed by atoms with Crippen LogP contribution in [0.5, 0.6) is 5.88 Å². The number of rotatable bonds is 7. The van der Waals surface area contributed by atoms with Gasteiger partial charge in [-0.1, -0.05) is 13.8 Å². The summed E-state index contributed by atoms with van der Waals surface area (Å²) in [6, 6.07) is 2.04. The Morgan fingerprint density at radius 3 is 2.94 bits per heavy atom. The molecule has 4 heteroatoms. The second-order valence-electron chi connectivity index (χ2n) is 3.75. The molecule has 0 saturated heterocycles. The van der Waals surface area contributed by atoms with Crippen LogP contribution in [-0.4, -0.2) is 22.6 Å². The Bertz CT molecular complexity index is 373. The number of nitrogens with zero attached hydrogens (tertiary/aromatic N) is 2. The molecule has 1 rings (SSSR count). The molecule has 92 valence electrons. The molecule has 1 heterocycles. The summed E-state index contributed by atoms with van der Waals surface area (Å²) in [5.74, 6) is 4.01. The summed E-state index contributed by atoms with van der Waals surface area (Å²) in [5.41, 5.74) is 0. The van der Waals surface area contributed by atoms with Gasteiger partial charge in [0.25, 0.3) is 0 Å². The first kappa shape index (κ1) is 13.3. The standard InChI is InChI=1S/C13H19N3O/c1-4-7-11(6-3)16-12-9-13(15-10-14-12)17-8-5-2/h1,9-11H,5-8H2,2-3H3,(H,14,15,16). The third kappa shape index (κ3) is 4.73. The van der Waals surface area contributed by atoms with E-state index in [1.165, 1.54) is 6.33 Å². The Labute approximate surface area is 103 Å². The molecule has 4 nitrogen and oxygen atoms in total. The molecule has 0 fully saturated rings. The maximum absolute atomic E-state index is 5.44. The van der Waals surface area contributed by atoms with Crippen molar-refractivity contribution in [1.82, 2.24) is 9.97 Å². The molecule has 0 aliphatic heterocycles. The second-order valence-corrected chi connectivity index (χ2v) is 3.75. The number of aromatic nitrogens is 2. The number of hydrogen-bond acceptors (Lipinski definition) is 4. The third-order valence-corrected chi connectivity index (χ3v) is 2.31. The fraction of sp³-hybridized carbons (Fsp3) is 0.538. The summed E-state index contributed by atoms with van der Waals surface area (Å²) in [4.78, 5) is 8.19. The Morgan fingerprint density at radius 1 is 1.47 bits per heavy atom. The van der Waals surface area contributed by atoms with Gasteiger partial charge in [-0.15, -0.1) is 12.3 Å². The molecule has 17 heavy (non-hydrogen) atoms. The largest absolute Gasteiger partial charge is 0.478 e. The van der Waals surface area contributed by atoms with Gasteiger partial charge < -0.3 is 10.1 Å². The molecule has 0 radical (unpaired) electrons. The van der Waals surface area contributed by atoms with E-state index in [2.05, 4.69) is 35.1 Å². The Balaban J connectivity index is 2.61. The fourth-order valence-electron chi connectivity index (χ4n) is 1.35. The molecule has 0 saturated carbocycles. The fourth-order valence-corrected chi connectivity index (χ4v) is 1.35. The highest BCUT2D eigenvalue weighted by Gasteiger charge is 2.06. The Hall–Kier alpha value is -1.76. The molecular formula is C13H19N3O. The van der Waals surface area contributed by atoms with Gasteiger partial charge in [-0.25, -0.2) is 9.97 Å². The average Bonchev–Trinajstić information content (AvgIpc) is 2.36. The lowest BCUT2D eigenvalue weighted by atomic mass is 10.1. The van der Waals surface area contributed by atoms with Crippen molar-refractivity contribution >= 4 is 5.82 Å². The van der Waals surface area contributed by atoms with Crippen molar-refractivity contribution in [3.63, 3.8) is 0 Å². The summed E-state index contributed by atoms with van der Waals surface area (Å²) in [7, 11) is 0. The van der Waals surface area contributed by atoms with E-state index in [0.717, 1.165) is 18.7 Å². The van der Waals surface area contributed by atoms with Crippen LogP contribution >= 0.6 is 0 Å². The van der Waals surface area contributed by atoms with Crippen molar-refractivity contribution in [1.29, 1.82) is 0 Å². The first-order valence-corrected chi connectivity index (χ1v) is 5.95. The minimum absolute atomic E-state index is 0.244. The Morgan fingerprint density at radius 2 is 2.29 bits per heavy atom. The predicted molar refractivity (Wildman–Crippen MR) is 69.0 cm³/mol. The van der Waals surface area contributed by atoms with E-state index in [0.29, 0.717) is 18.9 Å². The van der Waals surface area contributed by atoms with E-state index in [-0.39, 0.29) is 6.04 Å². The predicted octanol–water partition coefficient (Wildman–Crippen LogP) is 2.48. The first-order chi connectivity index (χ1) is 8.30. The van der Waals surface area contributed by atoms with Crippen molar-refractivity contribution in [2.24, 2.45) is 0 Å². The van der Waals surface area contributed by atoms with Crippen LogP contribution in [0.25, 0.3) is 0 Å². The number of hydrogen-bond donors (Lipinski definition) is 1. The van der Waals surface area contributed by atoms with Crippen molar-refractivity contribution in [2.75, 3.05) is 11.9 Å². The van der Waals surface area contributed by atoms with Crippen LogP contribution < -0.4 is 10.1 Å². The van der Waals surface area contributed by atoms with Crippen molar-refractivity contribution in [3.05, 3.63) is 12.4 Å². The monoisotopic (exact) mass is 233 g/mol. The molecular weight excluding hydrogens is 214 g/mol. The topological polar surface area (TPSA) is 47.0 Å². The lowest BCUT2D eigenvalue weighted by Gasteiger charge is -2.15. The zero-order valence-electron chi connectivity index (χ0n) is 10.4. The van der Waals surface area contributed by atoms with Crippen LogP contribution in [0.4, 0.5) is 5.82 Å². The van der Waals surface area contributed by atoms with E-state index in [1.54, 1.807) is 6.07 Å². The Kier molecular flexibility index (Phi) is 5.87. The van der Waals surface area contributed by atoms with Crippen molar-refractivity contribution in [2.45, 2.75) is 39.2 Å². The lowest BCUT2D eigenvalue weighted by molar-refractivity contribution is 0.305. The molecule has 1 aromatic rings. The van der Waals surface area contributed by atoms with E-state index < -0.39 is 0 Å². The second kappa shape index (κ2) is 7.50. The quantitative estimate of drug-likeness (QED) is 0.735. The lowest BCUT2D eigenvalue weighted by Crippen LogP contribution is -2.18. The molecule has 1 unspecified atom stereocenters. The van der Waals surface area contributed by atoms with Gasteiger partial charge in [0.2, 0.25) is 5.88 Å². The number of ether oxygens (including phenoxy) is 1. The zero-order valence-corrected chi connectivity index (χ0v) is 10.4. The van der Waals surface area contributed by atoms with Gasteiger partial charge >= 0.3 is 0 Å². The molecule has 0 aliphatic carbocycles. The summed E-state index contributed by atoms with van der Waals surface area (Å²) in [6.07, 6.45) is 9.41. The van der Waals surface area contributed by atoms with Gasteiger partial charge in [-0.2, -0.15) is 0 Å². The van der Waals surface area contributed by atoms with Gasteiger partial charge in [0, 0.05) is 18.5 Å². The van der Waals surface area contributed by atoms with Crippen LogP contribution in [0.1, 0.15) is 33.1 Å². The molecule has 1 aromatic heterocycles. The minimum Gasteiger partial charge on any atom is -0.478 e. The van der Waals surface area contributed by atoms with Gasteiger partial charge in [0.1, 0.15) is 12.1 Å². The highest BCUT2D eigenvalue weighted by molar-refractivity contribution is 5.38. The smallest absolute Gasteiger partial charge is 0.218 e. The normalized spacial score (nSPS) is 11.6.